The van der Waals surface area contributed by atoms with Gasteiger partial charge in [-0.15, -0.1) is 0 Å². The average Bonchev–Trinajstić information content (AvgIpc) is 2.99. The van der Waals surface area contributed by atoms with Crippen LogP contribution in [0.1, 0.15) is 66.2 Å². The zero-order valence-corrected chi connectivity index (χ0v) is 21.4. The van der Waals surface area contributed by atoms with Gasteiger partial charge in [-0.05, 0) is 63.3 Å². The van der Waals surface area contributed by atoms with Gasteiger partial charge in [-0.3, -0.25) is 0 Å². The van der Waals surface area contributed by atoms with Crippen molar-refractivity contribution in [2.45, 2.75) is 43.9 Å². The molecule has 37 heavy (non-hydrogen) atoms. The Morgan fingerprint density at radius 1 is 0.405 bits per heavy atom. The van der Waals surface area contributed by atoms with E-state index in [4.69, 9.17) is 0 Å². The lowest BCUT2D eigenvalue weighted by Crippen LogP contribution is -2.07. The number of hydrogen-bond donors (Lipinski definition) is 0. The highest BCUT2D eigenvalue weighted by atomic mass is 14.2. The Balaban J connectivity index is 1.43. The van der Waals surface area contributed by atoms with Gasteiger partial charge in [-0.2, -0.15) is 0 Å². The first-order valence-electron chi connectivity index (χ1n) is 13.8. The molecule has 0 nitrogen and oxygen atoms in total. The molecular weight excluding hydrogens is 444 g/mol. The largest absolute Gasteiger partial charge is 0.0622 e. The van der Waals surface area contributed by atoms with Gasteiger partial charge in [-0.1, -0.05) is 153 Å². The van der Waals surface area contributed by atoms with Crippen molar-refractivity contribution < 1.29 is 0 Å². The van der Waals surface area contributed by atoms with Crippen LogP contribution in [0.4, 0.5) is 0 Å². The third kappa shape index (κ3) is 5.30. The standard InChI is InChI=1S/C37H34/c1-4-12-28(13-5-1)31-22-24-32(25-23-31)37(35-20-10-18-33(26-35)29-14-6-2-7-15-29)36-21-11-19-34(27-36)30-16-8-3-9-17-30/h2-3,6-11,14-28,37H,1,4-5,12-13H2. The van der Waals surface area contributed by atoms with Crippen LogP contribution in [0.2, 0.25) is 0 Å². The van der Waals surface area contributed by atoms with Gasteiger partial charge >= 0.3 is 0 Å². The molecular formula is C37H34. The van der Waals surface area contributed by atoms with Crippen LogP contribution in [-0.2, 0) is 0 Å². The zero-order chi connectivity index (χ0) is 24.9. The van der Waals surface area contributed by atoms with Crippen molar-refractivity contribution in [2.24, 2.45) is 0 Å². The Morgan fingerprint density at radius 2 is 0.892 bits per heavy atom. The van der Waals surface area contributed by atoms with Crippen molar-refractivity contribution in [3.05, 3.63) is 156 Å². The van der Waals surface area contributed by atoms with Gasteiger partial charge in [0.15, 0.2) is 0 Å². The van der Waals surface area contributed by atoms with Crippen LogP contribution in [0.5, 0.6) is 0 Å². The maximum atomic E-state index is 2.40. The molecule has 1 aliphatic rings. The molecule has 0 saturated heterocycles. The van der Waals surface area contributed by atoms with Gasteiger partial charge < -0.3 is 0 Å². The SMILES string of the molecule is c1ccc(-c2cccc(C(c3ccc(C4CCCCC4)cc3)c3cccc(-c4ccccc4)c3)c2)cc1. The molecule has 0 atom stereocenters. The summed E-state index contributed by atoms with van der Waals surface area (Å²) in [6.45, 7) is 0. The van der Waals surface area contributed by atoms with E-state index < -0.39 is 0 Å². The van der Waals surface area contributed by atoms with Gasteiger partial charge in [0.25, 0.3) is 0 Å². The van der Waals surface area contributed by atoms with E-state index in [0.717, 1.165) is 5.92 Å². The van der Waals surface area contributed by atoms with Crippen molar-refractivity contribution in [3.8, 4) is 22.3 Å². The van der Waals surface area contributed by atoms with E-state index in [9.17, 15) is 0 Å². The predicted octanol–water partition coefficient (Wildman–Crippen LogP) is 10.2. The highest BCUT2D eigenvalue weighted by Gasteiger charge is 2.20. The van der Waals surface area contributed by atoms with Crippen molar-refractivity contribution in [1.29, 1.82) is 0 Å². The molecule has 0 bridgehead atoms. The minimum atomic E-state index is 0.174. The Kier molecular flexibility index (Phi) is 6.99. The molecule has 1 fully saturated rings. The summed E-state index contributed by atoms with van der Waals surface area (Å²) >= 11 is 0. The summed E-state index contributed by atoms with van der Waals surface area (Å²) in [6.07, 6.45) is 6.80. The summed E-state index contributed by atoms with van der Waals surface area (Å²) in [5, 5.41) is 0. The summed E-state index contributed by atoms with van der Waals surface area (Å²) in [7, 11) is 0. The van der Waals surface area contributed by atoms with E-state index in [0.29, 0.717) is 0 Å². The molecule has 5 aromatic carbocycles. The molecule has 0 heterocycles. The number of rotatable bonds is 6. The molecule has 0 heteroatoms. The third-order valence-corrected chi connectivity index (χ3v) is 8.00. The van der Waals surface area contributed by atoms with E-state index in [2.05, 4.69) is 133 Å². The van der Waals surface area contributed by atoms with Crippen LogP contribution < -0.4 is 0 Å². The molecule has 0 unspecified atom stereocenters. The topological polar surface area (TPSA) is 0 Å². The molecule has 1 aliphatic carbocycles. The lowest BCUT2D eigenvalue weighted by atomic mass is 9.80. The van der Waals surface area contributed by atoms with Crippen LogP contribution in [0.25, 0.3) is 22.3 Å². The molecule has 0 aromatic heterocycles. The van der Waals surface area contributed by atoms with E-state index in [-0.39, 0.29) is 5.92 Å². The lowest BCUT2D eigenvalue weighted by molar-refractivity contribution is 0.443. The maximum Gasteiger partial charge on any atom is 0.0340 e. The maximum absolute atomic E-state index is 2.40. The summed E-state index contributed by atoms with van der Waals surface area (Å²) in [5.74, 6) is 0.900. The first-order valence-corrected chi connectivity index (χ1v) is 13.8. The number of hydrogen-bond acceptors (Lipinski definition) is 0. The molecule has 0 spiro atoms. The second kappa shape index (κ2) is 11.0. The predicted molar refractivity (Wildman–Crippen MR) is 157 cm³/mol. The molecule has 5 aromatic rings. The normalized spacial score (nSPS) is 14.1. The third-order valence-electron chi connectivity index (χ3n) is 8.00. The first-order chi connectivity index (χ1) is 18.3. The summed E-state index contributed by atoms with van der Waals surface area (Å²) in [5.41, 5.74) is 10.6. The Morgan fingerprint density at radius 3 is 1.41 bits per heavy atom. The van der Waals surface area contributed by atoms with Crippen molar-refractivity contribution in [3.63, 3.8) is 0 Å². The van der Waals surface area contributed by atoms with E-state index >= 15 is 0 Å². The fourth-order valence-electron chi connectivity index (χ4n) is 6.03. The first kappa shape index (κ1) is 23.5. The van der Waals surface area contributed by atoms with E-state index in [1.54, 1.807) is 0 Å². The highest BCUT2D eigenvalue weighted by Crippen LogP contribution is 2.38. The van der Waals surface area contributed by atoms with Gasteiger partial charge in [0.1, 0.15) is 0 Å². The van der Waals surface area contributed by atoms with Crippen molar-refractivity contribution in [2.75, 3.05) is 0 Å². The van der Waals surface area contributed by atoms with Crippen molar-refractivity contribution in [1.82, 2.24) is 0 Å². The van der Waals surface area contributed by atoms with Gasteiger partial charge in [0.2, 0.25) is 0 Å². The van der Waals surface area contributed by atoms with Crippen molar-refractivity contribution >= 4 is 0 Å². The molecule has 0 amide bonds. The van der Waals surface area contributed by atoms with Crippen LogP contribution in [-0.4, -0.2) is 0 Å². The summed E-state index contributed by atoms with van der Waals surface area (Å²) in [4.78, 5) is 0. The smallest absolute Gasteiger partial charge is 0.0340 e. The lowest BCUT2D eigenvalue weighted by Gasteiger charge is -2.24. The van der Waals surface area contributed by atoms with Crippen LogP contribution >= 0.6 is 0 Å². The molecule has 1 saturated carbocycles. The Labute approximate surface area is 221 Å². The average molecular weight is 479 g/mol. The van der Waals surface area contributed by atoms with Crippen LogP contribution in [0, 0.1) is 0 Å². The van der Waals surface area contributed by atoms with Gasteiger partial charge in [0.05, 0.1) is 0 Å². The second-order valence-corrected chi connectivity index (χ2v) is 10.4. The minimum Gasteiger partial charge on any atom is -0.0622 e. The number of benzene rings is 5. The van der Waals surface area contributed by atoms with E-state index in [1.807, 2.05) is 0 Å². The Bertz CT molecular complexity index is 1340. The molecule has 0 aliphatic heterocycles. The molecule has 0 radical (unpaired) electrons. The summed E-state index contributed by atoms with van der Waals surface area (Å²) in [6, 6.07) is 49.2. The quantitative estimate of drug-likeness (QED) is 0.213. The molecule has 182 valence electrons. The summed E-state index contributed by atoms with van der Waals surface area (Å²) < 4.78 is 0. The monoisotopic (exact) mass is 478 g/mol. The van der Waals surface area contributed by atoms with Crippen LogP contribution in [0.3, 0.4) is 0 Å². The zero-order valence-electron chi connectivity index (χ0n) is 21.4. The van der Waals surface area contributed by atoms with E-state index in [1.165, 1.54) is 76.6 Å². The van der Waals surface area contributed by atoms with Gasteiger partial charge in [0, 0.05) is 5.92 Å². The minimum absolute atomic E-state index is 0.174. The van der Waals surface area contributed by atoms with Crippen LogP contribution in [0.15, 0.2) is 133 Å². The fraction of sp³-hybridized carbons (Fsp3) is 0.189. The molecule has 6 rings (SSSR count). The second-order valence-electron chi connectivity index (χ2n) is 10.4. The highest BCUT2D eigenvalue weighted by molar-refractivity contribution is 5.67. The molecule has 0 N–H and O–H groups in total. The van der Waals surface area contributed by atoms with Gasteiger partial charge in [-0.25, -0.2) is 0 Å². The Hall–Kier alpha value is -3.90. The fourth-order valence-corrected chi connectivity index (χ4v) is 6.03.